The predicted octanol–water partition coefficient (Wildman–Crippen LogP) is 5.11. The average molecular weight is 448 g/mol. The van der Waals surface area contributed by atoms with Gasteiger partial charge in [0.2, 0.25) is 0 Å². The van der Waals surface area contributed by atoms with Gasteiger partial charge in [-0.25, -0.2) is 9.18 Å². The Morgan fingerprint density at radius 3 is 2.56 bits per heavy atom. The van der Waals surface area contributed by atoms with Gasteiger partial charge >= 0.3 is 6.03 Å². The van der Waals surface area contributed by atoms with Crippen molar-refractivity contribution >= 4 is 35.1 Å². The van der Waals surface area contributed by atoms with Gasteiger partial charge in [-0.2, -0.15) is 0 Å². The second-order valence-corrected chi connectivity index (χ2v) is 9.20. The van der Waals surface area contributed by atoms with Crippen LogP contribution in [0.25, 0.3) is 0 Å². The Balaban J connectivity index is 1.51. The van der Waals surface area contributed by atoms with Crippen molar-refractivity contribution in [1.82, 2.24) is 4.90 Å². The summed E-state index contributed by atoms with van der Waals surface area (Å²) >= 11 is 1.48. The molecule has 0 bridgehead atoms. The molecule has 162 valence electrons. The van der Waals surface area contributed by atoms with Gasteiger partial charge in [0.15, 0.2) is 4.87 Å². The highest BCUT2D eigenvalue weighted by molar-refractivity contribution is 8.01. The number of nitrogens with one attached hydrogen (secondary N) is 1. The van der Waals surface area contributed by atoms with E-state index in [-0.39, 0.29) is 17.8 Å². The highest BCUT2D eigenvalue weighted by atomic mass is 32.2. The molecule has 3 aromatic carbocycles. The van der Waals surface area contributed by atoms with Crippen LogP contribution >= 0.6 is 11.8 Å². The van der Waals surface area contributed by atoms with Crippen LogP contribution in [-0.2, 0) is 16.2 Å². The highest BCUT2D eigenvalue weighted by Crippen LogP contribution is 2.54. The fourth-order valence-corrected chi connectivity index (χ4v) is 5.87. The lowest BCUT2D eigenvalue weighted by Crippen LogP contribution is -2.51. The van der Waals surface area contributed by atoms with Crippen LogP contribution in [0, 0.1) is 12.7 Å². The minimum Gasteiger partial charge on any atom is -0.308 e. The quantitative estimate of drug-likeness (QED) is 0.607. The number of carbonyl (C=O) groups excluding carboxylic acids is 2. The molecule has 32 heavy (non-hydrogen) atoms. The van der Waals surface area contributed by atoms with E-state index < -0.39 is 4.87 Å². The first-order chi connectivity index (χ1) is 15.5. The van der Waals surface area contributed by atoms with Gasteiger partial charge in [-0.15, -0.1) is 11.8 Å². The number of thioether (sulfide) groups is 1. The molecule has 1 spiro atoms. The Bertz CT molecular complexity index is 1200. The Hall–Kier alpha value is -3.32. The monoisotopic (exact) mass is 447 g/mol. The summed E-state index contributed by atoms with van der Waals surface area (Å²) < 4.78 is 13.3. The molecule has 2 aliphatic heterocycles. The highest BCUT2D eigenvalue weighted by Gasteiger charge is 2.59. The first-order valence-corrected chi connectivity index (χ1v) is 11.4. The van der Waals surface area contributed by atoms with Crippen LogP contribution in [0.2, 0.25) is 0 Å². The molecule has 5 nitrogen and oxygen atoms in total. The molecular weight excluding hydrogens is 425 g/mol. The third kappa shape index (κ3) is 3.24. The Labute approximate surface area is 190 Å². The average Bonchev–Trinajstić information content (AvgIpc) is 3.34. The van der Waals surface area contributed by atoms with Crippen molar-refractivity contribution in [2.45, 2.75) is 18.3 Å². The summed E-state index contributed by atoms with van der Waals surface area (Å²) in [5.74, 6) is 0.163. The molecule has 1 saturated heterocycles. The Kier molecular flexibility index (Phi) is 5.13. The minimum absolute atomic E-state index is 0.112. The van der Waals surface area contributed by atoms with Crippen molar-refractivity contribution in [3.8, 4) is 0 Å². The first kappa shape index (κ1) is 20.6. The maximum atomic E-state index is 13.9. The summed E-state index contributed by atoms with van der Waals surface area (Å²) in [7, 11) is 0. The number of benzene rings is 3. The summed E-state index contributed by atoms with van der Waals surface area (Å²) in [5, 5.41) is 2.82. The van der Waals surface area contributed by atoms with Crippen LogP contribution in [0.4, 0.5) is 20.6 Å². The van der Waals surface area contributed by atoms with Gasteiger partial charge in [-0.05, 0) is 48.4 Å². The van der Waals surface area contributed by atoms with Crippen LogP contribution < -0.4 is 10.2 Å². The number of urea groups is 1. The van der Waals surface area contributed by atoms with Gasteiger partial charge in [0.05, 0.1) is 12.2 Å². The topological polar surface area (TPSA) is 52.7 Å². The van der Waals surface area contributed by atoms with E-state index in [9.17, 15) is 14.0 Å². The first-order valence-electron chi connectivity index (χ1n) is 10.4. The van der Waals surface area contributed by atoms with Crippen LogP contribution in [0.3, 0.4) is 0 Å². The number of hydrogen-bond acceptors (Lipinski definition) is 3. The maximum Gasteiger partial charge on any atom is 0.323 e. The molecule has 1 atom stereocenters. The molecule has 1 N–H and O–H groups in total. The molecule has 3 aromatic rings. The van der Waals surface area contributed by atoms with Gasteiger partial charge in [0.1, 0.15) is 5.82 Å². The van der Waals surface area contributed by atoms with E-state index in [1.807, 2.05) is 55.5 Å². The fraction of sp³-hybridized carbons (Fsp3) is 0.200. The summed E-state index contributed by atoms with van der Waals surface area (Å²) in [4.78, 5) is 29.5. The maximum absolute atomic E-state index is 13.9. The molecule has 1 fully saturated rings. The lowest BCUT2D eigenvalue weighted by molar-refractivity contribution is -0.123. The van der Waals surface area contributed by atoms with Crippen molar-refractivity contribution in [2.24, 2.45) is 0 Å². The molecule has 0 aromatic heterocycles. The Morgan fingerprint density at radius 1 is 1.06 bits per heavy atom. The van der Waals surface area contributed by atoms with E-state index in [0.29, 0.717) is 24.5 Å². The molecule has 0 radical (unpaired) electrons. The Morgan fingerprint density at radius 2 is 1.78 bits per heavy atom. The number of nitrogens with zero attached hydrogens (tertiary/aromatic N) is 2. The lowest BCUT2D eigenvalue weighted by Gasteiger charge is -2.33. The number of para-hydroxylation sites is 1. The number of anilines is 2. The van der Waals surface area contributed by atoms with Gasteiger partial charge in [0.25, 0.3) is 5.91 Å². The SMILES string of the molecule is Cc1ccccc1CN1C(=O)C2(SCCN2C(=O)Nc2ccc(F)cc2)c2ccccc21. The van der Waals surface area contributed by atoms with Gasteiger partial charge in [-0.3, -0.25) is 9.69 Å². The van der Waals surface area contributed by atoms with Crippen LogP contribution in [0.1, 0.15) is 16.7 Å². The number of carbonyl (C=O) groups is 2. The van der Waals surface area contributed by atoms with E-state index >= 15 is 0 Å². The number of halogens is 1. The van der Waals surface area contributed by atoms with Crippen molar-refractivity contribution in [3.05, 3.63) is 95.3 Å². The van der Waals surface area contributed by atoms with E-state index in [1.165, 1.54) is 36.0 Å². The van der Waals surface area contributed by atoms with Crippen molar-refractivity contribution in [1.29, 1.82) is 0 Å². The molecular formula is C25H22FN3O2S. The zero-order valence-electron chi connectivity index (χ0n) is 17.5. The molecule has 0 aliphatic carbocycles. The third-order valence-corrected chi connectivity index (χ3v) is 7.45. The largest absolute Gasteiger partial charge is 0.323 e. The summed E-state index contributed by atoms with van der Waals surface area (Å²) in [6, 6.07) is 20.9. The summed E-state index contributed by atoms with van der Waals surface area (Å²) in [5.41, 5.74) is 4.32. The van der Waals surface area contributed by atoms with Crippen LogP contribution in [0.5, 0.6) is 0 Å². The normalized spacial score (nSPS) is 19.5. The molecule has 5 rings (SSSR count). The summed E-state index contributed by atoms with van der Waals surface area (Å²) in [6.45, 7) is 2.92. The number of aryl methyl sites for hydroxylation is 1. The number of fused-ring (bicyclic) bond motifs is 2. The molecule has 7 heteroatoms. The molecule has 0 saturated carbocycles. The molecule has 3 amide bonds. The molecule has 2 aliphatic rings. The number of hydrogen-bond donors (Lipinski definition) is 1. The van der Waals surface area contributed by atoms with Gasteiger partial charge < -0.3 is 10.2 Å². The van der Waals surface area contributed by atoms with E-state index in [1.54, 1.807) is 9.80 Å². The minimum atomic E-state index is -1.11. The van der Waals surface area contributed by atoms with Crippen molar-refractivity contribution < 1.29 is 14.0 Å². The van der Waals surface area contributed by atoms with Crippen LogP contribution in [0.15, 0.2) is 72.8 Å². The van der Waals surface area contributed by atoms with Crippen LogP contribution in [-0.4, -0.2) is 29.1 Å². The third-order valence-electron chi connectivity index (χ3n) is 6.03. The van der Waals surface area contributed by atoms with E-state index in [4.69, 9.17) is 0 Å². The van der Waals surface area contributed by atoms with Crippen molar-refractivity contribution in [2.75, 3.05) is 22.5 Å². The molecule has 1 unspecified atom stereocenters. The summed E-state index contributed by atoms with van der Waals surface area (Å²) in [6.07, 6.45) is 0. The number of amides is 3. The number of rotatable bonds is 3. The van der Waals surface area contributed by atoms with Crippen molar-refractivity contribution in [3.63, 3.8) is 0 Å². The standard InChI is InChI=1S/C25H22FN3O2S/c1-17-6-2-3-7-18(17)16-28-22-9-5-4-8-21(22)25(23(28)30)29(14-15-32-25)24(31)27-20-12-10-19(26)11-13-20/h2-13H,14-16H2,1H3,(H,27,31). The lowest BCUT2D eigenvalue weighted by atomic mass is 10.1. The second-order valence-electron chi connectivity index (χ2n) is 7.92. The predicted molar refractivity (Wildman–Crippen MR) is 125 cm³/mol. The zero-order valence-corrected chi connectivity index (χ0v) is 18.4. The van der Waals surface area contributed by atoms with Gasteiger partial charge in [-0.1, -0.05) is 42.5 Å². The van der Waals surface area contributed by atoms with E-state index in [0.717, 1.165) is 22.4 Å². The smallest absolute Gasteiger partial charge is 0.308 e. The zero-order chi connectivity index (χ0) is 22.3. The second kappa shape index (κ2) is 7.98. The van der Waals surface area contributed by atoms with E-state index in [2.05, 4.69) is 5.32 Å². The van der Waals surface area contributed by atoms with Gasteiger partial charge in [0, 0.05) is 23.5 Å². The fourth-order valence-electron chi connectivity index (χ4n) is 4.41. The molecule has 2 heterocycles.